The Balaban J connectivity index is 1.76. The molecule has 0 unspecified atom stereocenters. The van der Waals surface area contributed by atoms with Gasteiger partial charge in [-0.05, 0) is 48.0 Å². The molecule has 0 radical (unpaired) electrons. The molecule has 4 aromatic carbocycles. The van der Waals surface area contributed by atoms with Gasteiger partial charge in [0.1, 0.15) is 0 Å². The monoisotopic (exact) mass is 680 g/mol. The summed E-state index contributed by atoms with van der Waals surface area (Å²) in [5.41, 5.74) is 0.228. The minimum Gasteiger partial charge on any atom is -0.478 e. The maximum absolute atomic E-state index is 14.5. The average Bonchev–Trinajstić information content (AvgIpc) is 3.42. The Kier molecular flexibility index (Phi) is 8.15. The Morgan fingerprint density at radius 1 is 0.875 bits per heavy atom. The van der Waals surface area contributed by atoms with Crippen LogP contribution in [0.15, 0.2) is 107 Å². The first-order chi connectivity index (χ1) is 23.0. The summed E-state index contributed by atoms with van der Waals surface area (Å²) in [4.78, 5) is 26.4. The summed E-state index contributed by atoms with van der Waals surface area (Å²) < 4.78 is 56.8. The van der Waals surface area contributed by atoms with Crippen LogP contribution in [-0.4, -0.2) is 28.5 Å². The molecule has 2 N–H and O–H groups in total. The third-order valence-corrected chi connectivity index (χ3v) is 9.76. The summed E-state index contributed by atoms with van der Waals surface area (Å²) in [6.07, 6.45) is -1.66. The van der Waals surface area contributed by atoms with E-state index in [1.807, 2.05) is 0 Å². The number of nitrogens with zero attached hydrogens (tertiary/aromatic N) is 3. The number of nitriles is 2. The van der Waals surface area contributed by atoms with Crippen LogP contribution in [0.5, 0.6) is 0 Å². The molecule has 236 valence electrons. The summed E-state index contributed by atoms with van der Waals surface area (Å²) in [6.45, 7) is 0. The van der Waals surface area contributed by atoms with Gasteiger partial charge in [-0.3, -0.25) is 4.79 Å². The lowest BCUT2D eigenvalue weighted by Crippen LogP contribution is -2.15. The largest absolute Gasteiger partial charge is 0.478 e. The van der Waals surface area contributed by atoms with Gasteiger partial charge in [-0.1, -0.05) is 54.1 Å². The van der Waals surface area contributed by atoms with E-state index in [9.17, 15) is 42.4 Å². The Bertz CT molecular complexity index is 2520. The third-order valence-electron chi connectivity index (χ3n) is 7.72. The van der Waals surface area contributed by atoms with E-state index in [-0.39, 0.29) is 59.9 Å². The highest BCUT2D eigenvalue weighted by molar-refractivity contribution is 7.90. The highest BCUT2D eigenvalue weighted by Crippen LogP contribution is 2.45. The highest BCUT2D eigenvalue weighted by Gasteiger charge is 2.31. The van der Waals surface area contributed by atoms with E-state index < -0.39 is 33.5 Å². The first-order valence-corrected chi connectivity index (χ1v) is 15.8. The minimum absolute atomic E-state index is 0.0246. The van der Waals surface area contributed by atoms with Gasteiger partial charge in [0, 0.05) is 50.5 Å². The van der Waals surface area contributed by atoms with Crippen LogP contribution in [-0.2, 0) is 10.0 Å². The van der Waals surface area contributed by atoms with Crippen molar-refractivity contribution in [2.45, 2.75) is 11.3 Å². The lowest BCUT2D eigenvalue weighted by molar-refractivity contribution is 0.0697. The Hall–Kier alpha value is -6.08. The van der Waals surface area contributed by atoms with Crippen LogP contribution in [0.1, 0.15) is 33.5 Å². The molecule has 0 aliphatic rings. The molecule has 48 heavy (non-hydrogen) atoms. The standard InChI is InChI=1S/C35H19ClF2N4O5S/c36-28-14-22(35(44)45)9-12-26(28)20-3-1-4-21(13-20)33-32(31-23(16-39)5-2-6-24(31)17-40)27-15-30(43)41-18-29(27)42(33)48(46,47)25-10-7-19(8-11-25)34(37)38/h1-15,18,34H,(H,41,43)(H,44,45). The van der Waals surface area contributed by atoms with Crippen LogP contribution in [0.3, 0.4) is 0 Å². The van der Waals surface area contributed by atoms with Crippen molar-refractivity contribution in [1.29, 1.82) is 10.5 Å². The van der Waals surface area contributed by atoms with Gasteiger partial charge in [0.15, 0.2) is 0 Å². The van der Waals surface area contributed by atoms with Crippen LogP contribution in [0.25, 0.3) is 44.4 Å². The van der Waals surface area contributed by atoms with Gasteiger partial charge < -0.3 is 10.1 Å². The van der Waals surface area contributed by atoms with Gasteiger partial charge in [-0.25, -0.2) is 26.0 Å². The van der Waals surface area contributed by atoms with Crippen molar-refractivity contribution in [3.05, 3.63) is 135 Å². The van der Waals surface area contributed by atoms with Crippen molar-refractivity contribution < 1.29 is 27.1 Å². The van der Waals surface area contributed by atoms with Gasteiger partial charge in [0.25, 0.3) is 16.4 Å². The van der Waals surface area contributed by atoms with E-state index in [4.69, 9.17) is 11.6 Å². The molecule has 2 aromatic heterocycles. The Morgan fingerprint density at radius 3 is 2.12 bits per heavy atom. The van der Waals surface area contributed by atoms with Gasteiger partial charge in [-0.2, -0.15) is 10.5 Å². The van der Waals surface area contributed by atoms with Gasteiger partial charge >= 0.3 is 5.97 Å². The molecule has 13 heteroatoms. The first kappa shape index (κ1) is 31.9. The summed E-state index contributed by atoms with van der Waals surface area (Å²) >= 11 is 6.48. The molecule has 9 nitrogen and oxygen atoms in total. The number of alkyl halides is 2. The Morgan fingerprint density at radius 2 is 1.52 bits per heavy atom. The van der Waals surface area contributed by atoms with E-state index >= 15 is 0 Å². The average molecular weight is 681 g/mol. The number of fused-ring (bicyclic) bond motifs is 1. The van der Waals surface area contributed by atoms with Crippen molar-refractivity contribution in [1.82, 2.24) is 8.96 Å². The van der Waals surface area contributed by atoms with Crippen LogP contribution in [0.2, 0.25) is 5.02 Å². The fourth-order valence-electron chi connectivity index (χ4n) is 5.56. The van der Waals surface area contributed by atoms with Crippen LogP contribution >= 0.6 is 11.6 Å². The SMILES string of the molecule is N#Cc1cccc(C#N)c1-c1c(-c2cccc(-c3ccc(C(=O)O)cc3Cl)c2)n(S(=O)(=O)c2ccc(C(F)F)cc2)c2c[nH]c(=O)cc12. The zero-order valence-corrected chi connectivity index (χ0v) is 25.9. The van der Waals surface area contributed by atoms with E-state index in [1.54, 1.807) is 24.3 Å². The molecule has 6 rings (SSSR count). The number of aromatic nitrogens is 2. The Labute approximate surface area is 276 Å². The van der Waals surface area contributed by atoms with E-state index in [0.717, 1.165) is 34.3 Å². The fourth-order valence-corrected chi connectivity index (χ4v) is 7.39. The number of carbonyl (C=O) groups is 1. The molecule has 0 saturated carbocycles. The summed E-state index contributed by atoms with van der Waals surface area (Å²) in [5.74, 6) is -1.18. The number of nitrogens with one attached hydrogen (secondary N) is 1. The van der Waals surface area contributed by atoms with Crippen LogP contribution < -0.4 is 5.56 Å². The normalized spacial score (nSPS) is 11.4. The zero-order valence-electron chi connectivity index (χ0n) is 24.3. The number of benzene rings is 4. The van der Waals surface area contributed by atoms with Crippen molar-refractivity contribution in [3.63, 3.8) is 0 Å². The molecule has 0 bridgehead atoms. The summed E-state index contributed by atoms with van der Waals surface area (Å²) in [6, 6.07) is 24.3. The molecule has 2 heterocycles. The third kappa shape index (κ3) is 5.39. The summed E-state index contributed by atoms with van der Waals surface area (Å²) in [5, 5.41) is 29.8. The van der Waals surface area contributed by atoms with Crippen LogP contribution in [0.4, 0.5) is 8.78 Å². The number of rotatable bonds is 7. The molecule has 0 amide bonds. The molecular formula is C35H19ClF2N4O5S. The maximum Gasteiger partial charge on any atom is 0.335 e. The molecule has 0 saturated heterocycles. The number of hydrogen-bond donors (Lipinski definition) is 2. The van der Waals surface area contributed by atoms with Crippen molar-refractivity contribution in [2.24, 2.45) is 0 Å². The molecule has 0 spiro atoms. The fraction of sp³-hybridized carbons (Fsp3) is 0.0286. The van der Waals surface area contributed by atoms with Gasteiger partial charge in [-0.15, -0.1) is 0 Å². The minimum atomic E-state index is -4.63. The second-order valence-electron chi connectivity index (χ2n) is 10.5. The molecule has 0 fully saturated rings. The van der Waals surface area contributed by atoms with Gasteiger partial charge in [0.05, 0.1) is 44.9 Å². The number of carboxylic acid groups (broad SMARTS) is 1. The predicted molar refractivity (Wildman–Crippen MR) is 174 cm³/mol. The van der Waals surface area contributed by atoms with Gasteiger partial charge in [0.2, 0.25) is 5.56 Å². The van der Waals surface area contributed by atoms with Crippen molar-refractivity contribution in [2.75, 3.05) is 0 Å². The van der Waals surface area contributed by atoms with E-state index in [1.165, 1.54) is 42.6 Å². The smallest absolute Gasteiger partial charge is 0.335 e. The molecule has 0 aliphatic carbocycles. The number of aromatic amines is 1. The summed E-state index contributed by atoms with van der Waals surface area (Å²) in [7, 11) is -4.63. The maximum atomic E-state index is 14.5. The number of halogens is 3. The quantitative estimate of drug-likeness (QED) is 0.176. The second-order valence-corrected chi connectivity index (χ2v) is 12.7. The van der Waals surface area contributed by atoms with E-state index in [0.29, 0.717) is 11.1 Å². The lowest BCUT2D eigenvalue weighted by atomic mass is 9.91. The molecular weight excluding hydrogens is 662 g/mol. The topological polar surface area (TPSA) is 157 Å². The second kappa shape index (κ2) is 12.3. The molecule has 0 atom stereocenters. The van der Waals surface area contributed by atoms with Crippen molar-refractivity contribution in [3.8, 4) is 45.6 Å². The zero-order chi connectivity index (χ0) is 34.3. The number of H-pyrrole nitrogens is 1. The van der Waals surface area contributed by atoms with Crippen molar-refractivity contribution >= 4 is 38.5 Å². The van der Waals surface area contributed by atoms with Crippen LogP contribution in [0, 0.1) is 22.7 Å². The molecule has 6 aromatic rings. The predicted octanol–water partition coefficient (Wildman–Crippen LogP) is 7.60. The number of pyridine rings is 1. The first-order valence-electron chi connectivity index (χ1n) is 13.9. The number of carboxylic acids is 1. The number of hydrogen-bond acceptors (Lipinski definition) is 6. The lowest BCUT2D eigenvalue weighted by Gasteiger charge is -2.16. The highest BCUT2D eigenvalue weighted by atomic mass is 35.5. The van der Waals surface area contributed by atoms with E-state index in [2.05, 4.69) is 17.1 Å². The number of aromatic carboxylic acids is 1. The molecule has 0 aliphatic heterocycles.